The topological polar surface area (TPSA) is 75.4 Å². The number of nitrogens with zero attached hydrogens (tertiary/aromatic N) is 1. The maximum atomic E-state index is 12.8. The van der Waals surface area contributed by atoms with E-state index in [0.717, 1.165) is 43.3 Å². The van der Waals surface area contributed by atoms with E-state index in [0.29, 0.717) is 11.6 Å². The minimum absolute atomic E-state index is 0.0585. The summed E-state index contributed by atoms with van der Waals surface area (Å²) in [5.74, 6) is 0.768. The van der Waals surface area contributed by atoms with E-state index >= 15 is 0 Å². The first-order valence-corrected chi connectivity index (χ1v) is 9.65. The molecule has 0 bridgehead atoms. The van der Waals surface area contributed by atoms with Crippen LogP contribution in [0.1, 0.15) is 36.0 Å². The number of nitrogens with one attached hydrogen (secondary N) is 1. The molecule has 1 aliphatic heterocycles. The van der Waals surface area contributed by atoms with Crippen LogP contribution in [0.15, 0.2) is 29.2 Å². The number of nitrogens with two attached hydrogens (primary N) is 1. The molecule has 2 fully saturated rings. The average Bonchev–Trinajstić information content (AvgIpc) is 3.43. The Bertz CT molecular complexity index is 596. The molecule has 3 N–H and O–H groups in total. The van der Waals surface area contributed by atoms with E-state index in [1.165, 1.54) is 24.6 Å². The van der Waals surface area contributed by atoms with Gasteiger partial charge in [-0.1, -0.05) is 12.1 Å². The number of hydrogen-bond acceptors (Lipinski definition) is 4. The van der Waals surface area contributed by atoms with Crippen LogP contribution in [0, 0.1) is 5.92 Å². The Hall–Kier alpha value is -1.53. The van der Waals surface area contributed by atoms with Crippen molar-refractivity contribution in [2.24, 2.45) is 11.7 Å². The third kappa shape index (κ3) is 4.74. The number of benzene rings is 1. The van der Waals surface area contributed by atoms with Crippen LogP contribution in [0.3, 0.4) is 0 Å². The van der Waals surface area contributed by atoms with Crippen molar-refractivity contribution in [1.82, 2.24) is 10.2 Å². The molecular formula is C18H25N3O2S. The highest BCUT2D eigenvalue weighted by Crippen LogP contribution is 2.28. The van der Waals surface area contributed by atoms with Crippen molar-refractivity contribution in [3.63, 3.8) is 0 Å². The molecule has 2 aliphatic rings. The number of piperidine rings is 1. The summed E-state index contributed by atoms with van der Waals surface area (Å²) in [7, 11) is 0. The first-order chi connectivity index (χ1) is 11.6. The third-order valence-corrected chi connectivity index (χ3v) is 5.76. The monoisotopic (exact) mass is 347 g/mol. The predicted octanol–water partition coefficient (Wildman–Crippen LogP) is 1.87. The molecule has 24 heavy (non-hydrogen) atoms. The molecule has 6 heteroatoms. The molecule has 0 aromatic heterocycles. The molecule has 1 heterocycles. The highest BCUT2D eigenvalue weighted by atomic mass is 32.2. The lowest BCUT2D eigenvalue weighted by Crippen LogP contribution is -2.45. The number of hydrogen-bond donors (Lipinski definition) is 2. The Kier molecular flexibility index (Phi) is 5.79. The zero-order chi connectivity index (χ0) is 16.9. The summed E-state index contributed by atoms with van der Waals surface area (Å²) in [5, 5.41) is 3.63. The molecular weight excluding hydrogens is 322 g/mol. The van der Waals surface area contributed by atoms with Crippen LogP contribution in [0.5, 0.6) is 0 Å². The van der Waals surface area contributed by atoms with Crippen LogP contribution in [0.2, 0.25) is 0 Å². The summed E-state index contributed by atoms with van der Waals surface area (Å²) in [5.41, 5.74) is 5.89. The smallest absolute Gasteiger partial charge is 0.254 e. The Morgan fingerprint density at radius 1 is 1.17 bits per heavy atom. The van der Waals surface area contributed by atoms with Crippen LogP contribution in [-0.2, 0) is 4.79 Å². The van der Waals surface area contributed by atoms with Crippen LogP contribution in [-0.4, -0.2) is 48.1 Å². The van der Waals surface area contributed by atoms with Crippen LogP contribution in [0.4, 0.5) is 0 Å². The Labute approximate surface area is 147 Å². The number of rotatable bonds is 7. The second-order valence-corrected chi connectivity index (χ2v) is 7.69. The zero-order valence-corrected chi connectivity index (χ0v) is 14.7. The van der Waals surface area contributed by atoms with E-state index in [2.05, 4.69) is 5.32 Å². The fourth-order valence-electron chi connectivity index (χ4n) is 3.03. The summed E-state index contributed by atoms with van der Waals surface area (Å²) in [6.07, 6.45) is 4.75. The molecule has 1 aromatic rings. The van der Waals surface area contributed by atoms with Gasteiger partial charge in [0.1, 0.15) is 0 Å². The van der Waals surface area contributed by atoms with Gasteiger partial charge in [0.15, 0.2) is 0 Å². The molecule has 1 saturated carbocycles. The van der Waals surface area contributed by atoms with Gasteiger partial charge in [0.05, 0.1) is 11.3 Å². The standard InChI is InChI=1S/C18H25N3O2S/c19-17(22)12-24-16-4-2-1-3-15(16)18(23)21-9-7-14(8-10-21)20-11-13-5-6-13/h1-4,13-14,20H,5-12H2,(H2,19,22). The molecule has 2 amide bonds. The predicted molar refractivity (Wildman–Crippen MR) is 96.0 cm³/mol. The van der Waals surface area contributed by atoms with Crippen LogP contribution >= 0.6 is 11.8 Å². The molecule has 1 aromatic carbocycles. The number of primary amides is 1. The summed E-state index contributed by atoms with van der Waals surface area (Å²) in [4.78, 5) is 26.6. The first-order valence-electron chi connectivity index (χ1n) is 8.66. The van der Waals surface area contributed by atoms with Crippen molar-refractivity contribution in [1.29, 1.82) is 0 Å². The second kappa shape index (κ2) is 8.03. The number of amides is 2. The van der Waals surface area contributed by atoms with Gasteiger partial charge in [-0.2, -0.15) is 0 Å². The normalized spacial score (nSPS) is 18.6. The second-order valence-electron chi connectivity index (χ2n) is 6.67. The van der Waals surface area contributed by atoms with Gasteiger partial charge >= 0.3 is 0 Å². The molecule has 0 unspecified atom stereocenters. The number of carbonyl (C=O) groups excluding carboxylic acids is 2. The molecule has 0 radical (unpaired) electrons. The van der Waals surface area contributed by atoms with E-state index < -0.39 is 0 Å². The largest absolute Gasteiger partial charge is 0.369 e. The van der Waals surface area contributed by atoms with Crippen LogP contribution in [0.25, 0.3) is 0 Å². The molecule has 1 aliphatic carbocycles. The first kappa shape index (κ1) is 17.3. The van der Waals surface area contributed by atoms with Gasteiger partial charge in [-0.3, -0.25) is 9.59 Å². The van der Waals surface area contributed by atoms with Gasteiger partial charge in [-0.25, -0.2) is 0 Å². The minimum atomic E-state index is -0.371. The summed E-state index contributed by atoms with van der Waals surface area (Å²) in [6.45, 7) is 2.71. The quantitative estimate of drug-likeness (QED) is 0.739. The highest BCUT2D eigenvalue weighted by Gasteiger charge is 2.27. The van der Waals surface area contributed by atoms with Crippen molar-refractivity contribution in [2.75, 3.05) is 25.4 Å². The number of likely N-dealkylation sites (tertiary alicyclic amines) is 1. The van der Waals surface area contributed by atoms with Crippen molar-refractivity contribution in [3.8, 4) is 0 Å². The maximum absolute atomic E-state index is 12.8. The van der Waals surface area contributed by atoms with E-state index in [1.807, 2.05) is 29.2 Å². The van der Waals surface area contributed by atoms with Crippen molar-refractivity contribution in [2.45, 2.75) is 36.6 Å². The van der Waals surface area contributed by atoms with Gasteiger partial charge in [0.25, 0.3) is 5.91 Å². The Morgan fingerprint density at radius 2 is 1.88 bits per heavy atom. The molecule has 0 atom stereocenters. The van der Waals surface area contributed by atoms with E-state index in [4.69, 9.17) is 5.73 Å². The minimum Gasteiger partial charge on any atom is -0.369 e. The van der Waals surface area contributed by atoms with Gasteiger partial charge < -0.3 is 16.0 Å². The van der Waals surface area contributed by atoms with Crippen molar-refractivity contribution in [3.05, 3.63) is 29.8 Å². The molecule has 3 rings (SSSR count). The fourth-order valence-corrected chi connectivity index (χ4v) is 3.81. The van der Waals surface area contributed by atoms with E-state index in [9.17, 15) is 9.59 Å². The number of thioether (sulfide) groups is 1. The molecule has 1 saturated heterocycles. The highest BCUT2D eigenvalue weighted by molar-refractivity contribution is 8.00. The lowest BCUT2D eigenvalue weighted by molar-refractivity contribution is -0.115. The fraction of sp³-hybridized carbons (Fsp3) is 0.556. The lowest BCUT2D eigenvalue weighted by atomic mass is 10.0. The zero-order valence-electron chi connectivity index (χ0n) is 13.9. The summed E-state index contributed by atoms with van der Waals surface area (Å²) >= 11 is 1.33. The summed E-state index contributed by atoms with van der Waals surface area (Å²) in [6, 6.07) is 8.00. The Balaban J connectivity index is 1.55. The molecule has 0 spiro atoms. The van der Waals surface area contributed by atoms with Gasteiger partial charge in [-0.15, -0.1) is 11.8 Å². The van der Waals surface area contributed by atoms with Crippen molar-refractivity contribution < 1.29 is 9.59 Å². The van der Waals surface area contributed by atoms with E-state index in [-0.39, 0.29) is 17.6 Å². The molecule has 130 valence electrons. The van der Waals surface area contributed by atoms with Gasteiger partial charge in [0.2, 0.25) is 5.91 Å². The van der Waals surface area contributed by atoms with Gasteiger partial charge in [0, 0.05) is 24.0 Å². The SMILES string of the molecule is NC(=O)CSc1ccccc1C(=O)N1CCC(NCC2CC2)CC1. The number of carbonyl (C=O) groups is 2. The van der Waals surface area contributed by atoms with Crippen LogP contribution < -0.4 is 11.1 Å². The summed E-state index contributed by atoms with van der Waals surface area (Å²) < 4.78 is 0. The third-order valence-electron chi connectivity index (χ3n) is 4.66. The van der Waals surface area contributed by atoms with Gasteiger partial charge in [-0.05, 0) is 50.3 Å². The van der Waals surface area contributed by atoms with E-state index in [1.54, 1.807) is 0 Å². The maximum Gasteiger partial charge on any atom is 0.254 e. The average molecular weight is 347 g/mol. The molecule has 5 nitrogen and oxygen atoms in total. The lowest BCUT2D eigenvalue weighted by Gasteiger charge is -2.33. The van der Waals surface area contributed by atoms with Crippen molar-refractivity contribution >= 4 is 23.6 Å². The Morgan fingerprint density at radius 3 is 2.54 bits per heavy atom.